The number of carboxylic acid groups (broad SMARTS) is 1. The summed E-state index contributed by atoms with van der Waals surface area (Å²) in [7, 11) is 0. The molecule has 2 saturated heterocycles. The molecule has 2 aliphatic rings. The molecule has 0 radical (unpaired) electrons. The van der Waals surface area contributed by atoms with Crippen LogP contribution in [0.5, 0.6) is 0 Å². The Morgan fingerprint density at radius 3 is 2.71 bits per heavy atom. The number of hydroxylamine groups is 2. The molecular formula is C25H30BrN4O4+. The third-order valence-corrected chi connectivity index (χ3v) is 7.93. The van der Waals surface area contributed by atoms with E-state index in [2.05, 4.69) is 56.2 Å². The van der Waals surface area contributed by atoms with E-state index < -0.39 is 16.9 Å². The van der Waals surface area contributed by atoms with Crippen LogP contribution < -0.4 is 0 Å². The quantitative estimate of drug-likeness (QED) is 0.221. The molecule has 0 saturated carbocycles. The molecule has 0 bridgehead atoms. The molecule has 9 heteroatoms. The standard InChI is InChI=1S/C25H29BrN4O4/c1-16(17-8-11-34-12-9-17)30(33,25(31)32)29-10-2-3-23(29)24-27-15-22(28-24)20-5-4-19-14-21(26)7-6-18(19)13-20/h4-7,13-17,23,33H,2-3,8-12H2,1H3,(H-,27,28,31,32)/p+1. The molecule has 0 aliphatic carbocycles. The van der Waals surface area contributed by atoms with Gasteiger partial charge in [-0.1, -0.05) is 34.1 Å². The van der Waals surface area contributed by atoms with Gasteiger partial charge in [-0.05, 0) is 66.3 Å². The number of carbonyl (C=O) groups is 1. The monoisotopic (exact) mass is 529 g/mol. The summed E-state index contributed by atoms with van der Waals surface area (Å²) in [6.07, 6.45) is 3.56. The second-order valence-corrected chi connectivity index (χ2v) is 10.2. The lowest BCUT2D eigenvalue weighted by Crippen LogP contribution is -2.67. The molecule has 2 aliphatic heterocycles. The van der Waals surface area contributed by atoms with E-state index in [4.69, 9.17) is 4.74 Å². The molecule has 1 amide bonds. The average molecular weight is 530 g/mol. The van der Waals surface area contributed by atoms with E-state index in [1.807, 2.05) is 13.0 Å². The van der Waals surface area contributed by atoms with E-state index in [9.17, 15) is 15.1 Å². The number of H-pyrrole nitrogens is 1. The molecule has 3 heterocycles. The van der Waals surface area contributed by atoms with Crippen LogP contribution in [0, 0.1) is 5.92 Å². The Labute approximate surface area is 206 Å². The molecule has 3 unspecified atom stereocenters. The zero-order valence-corrected chi connectivity index (χ0v) is 20.7. The van der Waals surface area contributed by atoms with Crippen LogP contribution in [0.4, 0.5) is 4.79 Å². The smallest absolute Gasteiger partial charge is 0.432 e. The number of nitrogens with zero attached hydrogens (tertiary/aromatic N) is 3. The number of hydrogen-bond donors (Lipinski definition) is 3. The van der Waals surface area contributed by atoms with Gasteiger partial charge >= 0.3 is 6.09 Å². The minimum Gasteiger partial charge on any atom is -0.432 e. The first-order chi connectivity index (χ1) is 16.4. The van der Waals surface area contributed by atoms with Crippen molar-refractivity contribution >= 4 is 32.8 Å². The van der Waals surface area contributed by atoms with Crippen molar-refractivity contribution in [2.45, 2.75) is 44.7 Å². The summed E-state index contributed by atoms with van der Waals surface area (Å²) in [5.41, 5.74) is 1.88. The molecule has 2 aromatic carbocycles. The van der Waals surface area contributed by atoms with E-state index in [-0.39, 0.29) is 12.0 Å². The Morgan fingerprint density at radius 1 is 1.21 bits per heavy atom. The molecule has 3 aromatic rings. The van der Waals surface area contributed by atoms with Crippen LogP contribution in [0.1, 0.15) is 44.5 Å². The number of halogens is 1. The van der Waals surface area contributed by atoms with Crippen molar-refractivity contribution in [2.75, 3.05) is 19.8 Å². The molecule has 34 heavy (non-hydrogen) atoms. The number of nitrogens with one attached hydrogen (secondary N) is 1. The molecule has 8 nitrogen and oxygen atoms in total. The summed E-state index contributed by atoms with van der Waals surface area (Å²) in [6, 6.07) is 11.6. The van der Waals surface area contributed by atoms with Crippen molar-refractivity contribution in [1.82, 2.24) is 15.0 Å². The van der Waals surface area contributed by atoms with Crippen molar-refractivity contribution in [1.29, 1.82) is 0 Å². The number of hydrogen-bond acceptors (Lipinski definition) is 5. The summed E-state index contributed by atoms with van der Waals surface area (Å²) in [5, 5.41) is 25.7. The number of aromatic nitrogens is 2. The lowest BCUT2D eigenvalue weighted by atomic mass is 9.92. The number of benzene rings is 2. The fourth-order valence-corrected chi connectivity index (χ4v) is 5.82. The predicted octanol–water partition coefficient (Wildman–Crippen LogP) is 5.74. The summed E-state index contributed by atoms with van der Waals surface area (Å²) >= 11 is 3.51. The number of imidazole rings is 1. The van der Waals surface area contributed by atoms with Crippen molar-refractivity contribution in [3.05, 3.63) is 52.9 Å². The van der Waals surface area contributed by atoms with Crippen LogP contribution in [-0.2, 0) is 4.74 Å². The molecule has 3 N–H and O–H groups in total. The van der Waals surface area contributed by atoms with Crippen LogP contribution in [0.2, 0.25) is 0 Å². The van der Waals surface area contributed by atoms with E-state index in [1.165, 1.54) is 0 Å². The maximum atomic E-state index is 12.5. The minimum atomic E-state index is -1.25. The molecule has 5 rings (SSSR count). The van der Waals surface area contributed by atoms with E-state index in [1.54, 1.807) is 11.2 Å². The Bertz CT molecular complexity index is 1190. The molecule has 1 aromatic heterocycles. The summed E-state index contributed by atoms with van der Waals surface area (Å²) in [5.74, 6) is 0.751. The maximum Gasteiger partial charge on any atom is 0.568 e. The van der Waals surface area contributed by atoms with Crippen molar-refractivity contribution in [2.24, 2.45) is 5.92 Å². The molecule has 180 valence electrons. The van der Waals surface area contributed by atoms with Gasteiger partial charge in [0.2, 0.25) is 0 Å². The Morgan fingerprint density at radius 2 is 1.94 bits per heavy atom. The summed E-state index contributed by atoms with van der Waals surface area (Å²) < 4.78 is 5.37. The van der Waals surface area contributed by atoms with Gasteiger partial charge in [-0.25, -0.2) is 4.98 Å². The normalized spacial score (nSPS) is 22.6. The van der Waals surface area contributed by atoms with Crippen molar-refractivity contribution < 1.29 is 24.6 Å². The average Bonchev–Trinajstić information content (AvgIpc) is 3.53. The van der Waals surface area contributed by atoms with Gasteiger partial charge in [-0.3, -0.25) is 0 Å². The van der Waals surface area contributed by atoms with E-state index >= 15 is 0 Å². The first kappa shape index (κ1) is 23.4. The van der Waals surface area contributed by atoms with E-state index in [0.29, 0.717) is 25.6 Å². The molecule has 0 spiro atoms. The van der Waals surface area contributed by atoms with Gasteiger partial charge in [-0.15, -0.1) is 5.01 Å². The summed E-state index contributed by atoms with van der Waals surface area (Å²) in [6.45, 7) is 3.52. The highest BCUT2D eigenvalue weighted by atomic mass is 79.9. The third-order valence-electron chi connectivity index (χ3n) is 7.44. The second-order valence-electron chi connectivity index (χ2n) is 9.33. The molecule has 2 fully saturated rings. The highest BCUT2D eigenvalue weighted by molar-refractivity contribution is 9.10. The highest BCUT2D eigenvalue weighted by Crippen LogP contribution is 2.39. The maximum absolute atomic E-state index is 12.5. The fourth-order valence-electron chi connectivity index (χ4n) is 5.44. The Kier molecular flexibility index (Phi) is 6.47. The van der Waals surface area contributed by atoms with Gasteiger partial charge in [0.1, 0.15) is 11.9 Å². The fraction of sp³-hybridized carbons (Fsp3) is 0.440. The first-order valence-corrected chi connectivity index (χ1v) is 12.6. The highest BCUT2D eigenvalue weighted by Gasteiger charge is 2.56. The van der Waals surface area contributed by atoms with Crippen LogP contribution in [-0.4, -0.2) is 61.9 Å². The van der Waals surface area contributed by atoms with Crippen molar-refractivity contribution in [3.63, 3.8) is 0 Å². The SMILES string of the molecule is CC(C1CCOCC1)[N+](O)(C(=O)O)N1CCCC1c1ncc(-c2ccc3cc(Br)ccc3c2)[nH]1. The van der Waals surface area contributed by atoms with Crippen LogP contribution in [0.3, 0.4) is 0 Å². The van der Waals surface area contributed by atoms with Gasteiger partial charge in [-0.2, -0.15) is 10.0 Å². The van der Waals surface area contributed by atoms with E-state index in [0.717, 1.165) is 52.2 Å². The lowest BCUT2D eigenvalue weighted by Gasteiger charge is -2.42. The zero-order chi connectivity index (χ0) is 23.9. The Balaban J connectivity index is 1.43. The number of ether oxygens (including phenoxy) is 1. The summed E-state index contributed by atoms with van der Waals surface area (Å²) in [4.78, 5) is 20.5. The number of quaternary nitrogens is 1. The third kappa shape index (κ3) is 4.16. The van der Waals surface area contributed by atoms with Gasteiger partial charge in [0.05, 0.1) is 18.4 Å². The molecule has 3 atom stereocenters. The number of rotatable bonds is 5. The molecular weight excluding hydrogens is 500 g/mol. The van der Waals surface area contributed by atoms with Gasteiger partial charge < -0.3 is 14.8 Å². The minimum absolute atomic E-state index is 0.0703. The number of amides is 1. The second kappa shape index (κ2) is 9.39. The number of fused-ring (bicyclic) bond motifs is 1. The largest absolute Gasteiger partial charge is 0.568 e. The van der Waals surface area contributed by atoms with Crippen LogP contribution in [0.15, 0.2) is 47.1 Å². The predicted molar refractivity (Wildman–Crippen MR) is 131 cm³/mol. The first-order valence-electron chi connectivity index (χ1n) is 11.8. The topological polar surface area (TPSA) is 98.7 Å². The van der Waals surface area contributed by atoms with Gasteiger partial charge in [0.15, 0.2) is 6.04 Å². The Hall–Kier alpha value is -2.30. The zero-order valence-electron chi connectivity index (χ0n) is 19.2. The number of aromatic amines is 1. The van der Waals surface area contributed by atoms with Gasteiger partial charge in [0, 0.05) is 29.2 Å². The van der Waals surface area contributed by atoms with Gasteiger partial charge in [0.25, 0.3) is 0 Å². The lowest BCUT2D eigenvalue weighted by molar-refractivity contribution is -1.15. The van der Waals surface area contributed by atoms with Crippen molar-refractivity contribution in [3.8, 4) is 11.3 Å². The van der Waals surface area contributed by atoms with Crippen LogP contribution in [0.25, 0.3) is 22.0 Å². The van der Waals surface area contributed by atoms with Crippen LogP contribution >= 0.6 is 15.9 Å².